The first kappa shape index (κ1) is 18.2. The van der Waals surface area contributed by atoms with Crippen LogP contribution in [0.15, 0.2) is 62.6 Å². The lowest BCUT2D eigenvalue weighted by molar-refractivity contribution is -0.113. The molecule has 0 radical (unpaired) electrons. The van der Waals surface area contributed by atoms with Crippen LogP contribution in [0.25, 0.3) is 11.4 Å². The first-order chi connectivity index (χ1) is 12.0. The van der Waals surface area contributed by atoms with Gasteiger partial charge < -0.3 is 9.88 Å². The Labute approximate surface area is 166 Å². The number of hydrogen-bond donors (Lipinski definition) is 1. The van der Waals surface area contributed by atoms with E-state index in [1.165, 1.54) is 11.8 Å². The molecule has 3 aromatic rings. The number of halogens is 2. The normalized spacial score (nSPS) is 10.7. The number of hydrogen-bond acceptors (Lipinski definition) is 4. The van der Waals surface area contributed by atoms with Crippen LogP contribution >= 0.6 is 43.6 Å². The van der Waals surface area contributed by atoms with E-state index in [4.69, 9.17) is 0 Å². The third-order valence-electron chi connectivity index (χ3n) is 3.38. The minimum atomic E-state index is -0.0868. The van der Waals surface area contributed by atoms with E-state index >= 15 is 0 Å². The smallest absolute Gasteiger partial charge is 0.234 e. The largest absolute Gasteiger partial charge is 0.325 e. The molecule has 1 N–H and O–H groups in total. The number of nitrogens with one attached hydrogen (secondary N) is 1. The summed E-state index contributed by atoms with van der Waals surface area (Å²) in [4.78, 5) is 12.1. The maximum Gasteiger partial charge on any atom is 0.234 e. The van der Waals surface area contributed by atoms with Crippen LogP contribution in [0.4, 0.5) is 5.69 Å². The molecule has 2 aromatic carbocycles. The standard InChI is InChI=1S/C17H14Br2N4OS/c1-23-16(11-5-7-12(18)8-6-11)21-22-17(23)25-10-15(24)20-14-4-2-3-13(19)9-14/h2-9H,10H2,1H3,(H,20,24). The summed E-state index contributed by atoms with van der Waals surface area (Å²) in [6.45, 7) is 0. The zero-order chi connectivity index (χ0) is 17.8. The highest BCUT2D eigenvalue weighted by atomic mass is 79.9. The highest BCUT2D eigenvalue weighted by Crippen LogP contribution is 2.24. The van der Waals surface area contributed by atoms with Crippen molar-refractivity contribution in [3.05, 3.63) is 57.5 Å². The fraction of sp³-hybridized carbons (Fsp3) is 0.118. The molecular weight excluding hydrogens is 468 g/mol. The van der Waals surface area contributed by atoms with Crippen LogP contribution in [-0.2, 0) is 11.8 Å². The molecule has 0 aliphatic rings. The van der Waals surface area contributed by atoms with Gasteiger partial charge in [-0.25, -0.2) is 0 Å². The van der Waals surface area contributed by atoms with Gasteiger partial charge in [-0.2, -0.15) is 0 Å². The summed E-state index contributed by atoms with van der Waals surface area (Å²) in [7, 11) is 1.89. The zero-order valence-electron chi connectivity index (χ0n) is 13.2. The Kier molecular flexibility index (Phi) is 5.93. The van der Waals surface area contributed by atoms with Crippen molar-refractivity contribution in [2.75, 3.05) is 11.1 Å². The van der Waals surface area contributed by atoms with E-state index in [0.29, 0.717) is 5.16 Å². The molecule has 0 saturated heterocycles. The van der Waals surface area contributed by atoms with Gasteiger partial charge in [-0.05, 0) is 30.3 Å². The second kappa shape index (κ2) is 8.16. The van der Waals surface area contributed by atoms with Crippen LogP contribution in [0.5, 0.6) is 0 Å². The van der Waals surface area contributed by atoms with Crippen LogP contribution < -0.4 is 5.32 Å². The van der Waals surface area contributed by atoms with Gasteiger partial charge in [0.05, 0.1) is 5.75 Å². The predicted octanol–water partition coefficient (Wildman–Crippen LogP) is 4.74. The van der Waals surface area contributed by atoms with Gasteiger partial charge in [0.25, 0.3) is 0 Å². The number of carbonyl (C=O) groups excluding carboxylic acids is 1. The Bertz CT molecular complexity index is 896. The average Bonchev–Trinajstić information content (AvgIpc) is 2.94. The van der Waals surface area contributed by atoms with E-state index in [9.17, 15) is 4.79 Å². The number of thioether (sulfide) groups is 1. The van der Waals surface area contributed by atoms with Gasteiger partial charge in [0.15, 0.2) is 11.0 Å². The molecule has 0 atom stereocenters. The lowest BCUT2D eigenvalue weighted by Crippen LogP contribution is -2.14. The Morgan fingerprint density at radius 3 is 2.60 bits per heavy atom. The lowest BCUT2D eigenvalue weighted by Gasteiger charge is -2.06. The number of aromatic nitrogens is 3. The molecule has 3 rings (SSSR count). The summed E-state index contributed by atoms with van der Waals surface area (Å²) in [6.07, 6.45) is 0. The van der Waals surface area contributed by atoms with Crippen LogP contribution in [0.2, 0.25) is 0 Å². The molecule has 0 spiro atoms. The second-order valence-corrected chi connectivity index (χ2v) is 7.99. The Hall–Kier alpha value is -1.64. The molecule has 8 heteroatoms. The fourth-order valence-electron chi connectivity index (χ4n) is 2.18. The number of carbonyl (C=O) groups is 1. The van der Waals surface area contributed by atoms with E-state index in [-0.39, 0.29) is 11.7 Å². The third-order valence-corrected chi connectivity index (χ3v) is 5.42. The SMILES string of the molecule is Cn1c(SCC(=O)Nc2cccc(Br)c2)nnc1-c1ccc(Br)cc1. The summed E-state index contributed by atoms with van der Waals surface area (Å²) in [5, 5.41) is 12.0. The van der Waals surface area contributed by atoms with Gasteiger partial charge in [-0.15, -0.1) is 10.2 Å². The van der Waals surface area contributed by atoms with Gasteiger partial charge in [-0.3, -0.25) is 4.79 Å². The van der Waals surface area contributed by atoms with Crippen LogP contribution in [0.3, 0.4) is 0 Å². The minimum absolute atomic E-state index is 0.0868. The van der Waals surface area contributed by atoms with Crippen molar-refractivity contribution in [1.29, 1.82) is 0 Å². The molecule has 25 heavy (non-hydrogen) atoms. The average molecular weight is 482 g/mol. The highest BCUT2D eigenvalue weighted by Gasteiger charge is 2.13. The summed E-state index contributed by atoms with van der Waals surface area (Å²) in [5.74, 6) is 0.942. The van der Waals surface area contributed by atoms with E-state index in [0.717, 1.165) is 26.0 Å². The van der Waals surface area contributed by atoms with E-state index < -0.39 is 0 Å². The summed E-state index contributed by atoms with van der Waals surface area (Å²) >= 11 is 8.16. The number of nitrogens with zero attached hydrogens (tertiary/aromatic N) is 3. The van der Waals surface area contributed by atoms with E-state index in [1.807, 2.05) is 60.1 Å². The highest BCUT2D eigenvalue weighted by molar-refractivity contribution is 9.10. The summed E-state index contributed by atoms with van der Waals surface area (Å²) in [5.41, 5.74) is 1.73. The molecule has 128 valence electrons. The Morgan fingerprint density at radius 2 is 1.88 bits per heavy atom. The number of amides is 1. The third kappa shape index (κ3) is 4.71. The quantitative estimate of drug-likeness (QED) is 0.534. The first-order valence-electron chi connectivity index (χ1n) is 7.36. The Morgan fingerprint density at radius 1 is 1.12 bits per heavy atom. The molecule has 5 nitrogen and oxygen atoms in total. The monoisotopic (exact) mass is 480 g/mol. The summed E-state index contributed by atoms with van der Waals surface area (Å²) in [6, 6.07) is 15.4. The second-order valence-electron chi connectivity index (χ2n) is 5.22. The van der Waals surface area contributed by atoms with Crippen molar-refractivity contribution in [1.82, 2.24) is 14.8 Å². The molecule has 0 saturated carbocycles. The van der Waals surface area contributed by atoms with Crippen molar-refractivity contribution < 1.29 is 4.79 Å². The molecule has 1 aromatic heterocycles. The molecule has 0 fully saturated rings. The molecule has 1 amide bonds. The zero-order valence-corrected chi connectivity index (χ0v) is 17.2. The topological polar surface area (TPSA) is 59.8 Å². The lowest BCUT2D eigenvalue weighted by atomic mass is 10.2. The van der Waals surface area contributed by atoms with Gasteiger partial charge in [0, 0.05) is 27.2 Å². The van der Waals surface area contributed by atoms with Crippen LogP contribution in [0.1, 0.15) is 0 Å². The van der Waals surface area contributed by atoms with Crippen molar-refractivity contribution in [2.24, 2.45) is 7.05 Å². The van der Waals surface area contributed by atoms with Gasteiger partial charge in [0.2, 0.25) is 5.91 Å². The predicted molar refractivity (Wildman–Crippen MR) is 108 cm³/mol. The first-order valence-corrected chi connectivity index (χ1v) is 9.93. The van der Waals surface area contributed by atoms with Crippen molar-refractivity contribution in [3.8, 4) is 11.4 Å². The van der Waals surface area contributed by atoms with Crippen LogP contribution in [-0.4, -0.2) is 26.4 Å². The van der Waals surface area contributed by atoms with Gasteiger partial charge in [-0.1, -0.05) is 61.8 Å². The Balaban J connectivity index is 1.64. The maximum absolute atomic E-state index is 12.1. The summed E-state index contributed by atoms with van der Waals surface area (Å²) < 4.78 is 3.82. The van der Waals surface area contributed by atoms with Crippen LogP contribution in [0, 0.1) is 0 Å². The molecule has 0 aliphatic carbocycles. The van der Waals surface area contributed by atoms with E-state index in [2.05, 4.69) is 47.4 Å². The minimum Gasteiger partial charge on any atom is -0.325 e. The fourth-order valence-corrected chi connectivity index (χ4v) is 3.56. The number of rotatable bonds is 5. The van der Waals surface area contributed by atoms with Crippen molar-refractivity contribution in [2.45, 2.75) is 5.16 Å². The van der Waals surface area contributed by atoms with Gasteiger partial charge in [0.1, 0.15) is 0 Å². The molecule has 1 heterocycles. The van der Waals surface area contributed by atoms with E-state index in [1.54, 1.807) is 0 Å². The van der Waals surface area contributed by atoms with Crippen molar-refractivity contribution >= 4 is 55.2 Å². The molecular formula is C17H14Br2N4OS. The number of anilines is 1. The van der Waals surface area contributed by atoms with Gasteiger partial charge >= 0.3 is 0 Å². The number of benzene rings is 2. The van der Waals surface area contributed by atoms with Crippen molar-refractivity contribution in [3.63, 3.8) is 0 Å². The molecule has 0 bridgehead atoms. The molecule has 0 unspecified atom stereocenters. The maximum atomic E-state index is 12.1. The molecule has 0 aliphatic heterocycles.